The van der Waals surface area contributed by atoms with E-state index in [0.717, 1.165) is 6.07 Å². The van der Waals surface area contributed by atoms with Crippen LogP contribution in [0.1, 0.15) is 30.1 Å². The lowest BCUT2D eigenvalue weighted by molar-refractivity contribution is 0.307. The molecule has 0 spiro atoms. The van der Waals surface area contributed by atoms with Crippen molar-refractivity contribution in [2.75, 3.05) is 13.1 Å². The number of aromatic nitrogens is 2. The van der Waals surface area contributed by atoms with E-state index >= 15 is 0 Å². The predicted molar refractivity (Wildman–Crippen MR) is 102 cm³/mol. The summed E-state index contributed by atoms with van der Waals surface area (Å²) >= 11 is 0. The Bertz CT molecular complexity index is 1140. The summed E-state index contributed by atoms with van der Waals surface area (Å²) in [4.78, 5) is 4.30. The number of rotatable bonds is 4. The third kappa shape index (κ3) is 3.92. The summed E-state index contributed by atoms with van der Waals surface area (Å²) in [7, 11) is -3.76. The van der Waals surface area contributed by atoms with Crippen molar-refractivity contribution in [3.63, 3.8) is 0 Å². The molecule has 152 valence electrons. The maximum atomic E-state index is 13.8. The number of halogens is 2. The number of sulfonamides is 1. The fraction of sp³-hybridized carbons (Fsp3) is 0.300. The maximum Gasteiger partial charge on any atom is 0.258 e. The van der Waals surface area contributed by atoms with Crippen molar-refractivity contribution in [1.82, 2.24) is 14.4 Å². The van der Waals surface area contributed by atoms with Gasteiger partial charge in [-0.05, 0) is 55.7 Å². The Morgan fingerprint density at radius 1 is 1.10 bits per heavy atom. The zero-order valence-corrected chi connectivity index (χ0v) is 16.5. The van der Waals surface area contributed by atoms with Crippen LogP contribution in [0.3, 0.4) is 0 Å². The van der Waals surface area contributed by atoms with E-state index in [-0.39, 0.29) is 29.8 Å². The second-order valence-electron chi connectivity index (χ2n) is 7.06. The normalized spacial score (nSPS) is 16.2. The average molecular weight is 419 g/mol. The van der Waals surface area contributed by atoms with Gasteiger partial charge in [0.2, 0.25) is 10.0 Å². The molecule has 0 amide bonds. The van der Waals surface area contributed by atoms with Gasteiger partial charge in [0.25, 0.3) is 5.89 Å². The van der Waals surface area contributed by atoms with Gasteiger partial charge < -0.3 is 4.52 Å². The van der Waals surface area contributed by atoms with E-state index in [1.54, 1.807) is 19.1 Å². The highest BCUT2D eigenvalue weighted by Gasteiger charge is 2.32. The molecule has 9 heteroatoms. The van der Waals surface area contributed by atoms with Crippen LogP contribution in [-0.4, -0.2) is 36.0 Å². The lowest BCUT2D eigenvalue weighted by Crippen LogP contribution is -2.38. The molecule has 0 bridgehead atoms. The Balaban J connectivity index is 1.46. The lowest BCUT2D eigenvalue weighted by Gasteiger charge is -2.29. The minimum absolute atomic E-state index is 0.0491. The fourth-order valence-corrected chi connectivity index (χ4v) is 4.86. The van der Waals surface area contributed by atoms with Gasteiger partial charge in [0.05, 0.1) is 4.90 Å². The second-order valence-corrected chi connectivity index (χ2v) is 9.00. The molecule has 1 aliphatic rings. The van der Waals surface area contributed by atoms with Gasteiger partial charge in [-0.25, -0.2) is 17.2 Å². The predicted octanol–water partition coefficient (Wildman–Crippen LogP) is 3.89. The summed E-state index contributed by atoms with van der Waals surface area (Å²) in [6.07, 6.45) is 1.02. The van der Waals surface area contributed by atoms with Crippen molar-refractivity contribution >= 4 is 10.0 Å². The summed E-state index contributed by atoms with van der Waals surface area (Å²) in [6, 6.07) is 9.82. The molecule has 2 aromatic carbocycles. The first-order valence-corrected chi connectivity index (χ1v) is 10.6. The molecule has 1 saturated heterocycles. The quantitative estimate of drug-likeness (QED) is 0.641. The first-order chi connectivity index (χ1) is 13.8. The summed E-state index contributed by atoms with van der Waals surface area (Å²) < 4.78 is 59.3. The van der Waals surface area contributed by atoms with Gasteiger partial charge in [-0.2, -0.15) is 9.29 Å². The molecule has 0 atom stereocenters. The summed E-state index contributed by atoms with van der Waals surface area (Å²) in [5.41, 5.74) is 0.888. The van der Waals surface area contributed by atoms with E-state index in [4.69, 9.17) is 4.52 Å². The van der Waals surface area contributed by atoms with Crippen molar-refractivity contribution in [3.05, 3.63) is 65.5 Å². The van der Waals surface area contributed by atoms with E-state index in [2.05, 4.69) is 10.1 Å². The Morgan fingerprint density at radius 2 is 1.86 bits per heavy atom. The van der Waals surface area contributed by atoms with Crippen LogP contribution in [0.25, 0.3) is 11.5 Å². The number of hydrogen-bond acceptors (Lipinski definition) is 5. The SMILES string of the molecule is Cc1ccc(S(=O)(=O)N2CCC(c3noc(-c4cccc(F)c4)n3)CC2)cc1F. The monoisotopic (exact) mass is 419 g/mol. The summed E-state index contributed by atoms with van der Waals surface area (Å²) in [6.45, 7) is 2.12. The van der Waals surface area contributed by atoms with Crippen LogP contribution in [0, 0.1) is 18.6 Å². The molecule has 1 aromatic heterocycles. The average Bonchev–Trinajstić information content (AvgIpc) is 3.20. The molecule has 0 saturated carbocycles. The van der Waals surface area contributed by atoms with Crippen LogP contribution >= 0.6 is 0 Å². The largest absolute Gasteiger partial charge is 0.334 e. The molecule has 0 unspecified atom stereocenters. The van der Waals surface area contributed by atoms with E-state index in [0.29, 0.717) is 29.8 Å². The van der Waals surface area contributed by atoms with Crippen molar-refractivity contribution in [2.24, 2.45) is 0 Å². The van der Waals surface area contributed by atoms with Crippen LogP contribution in [0.15, 0.2) is 51.9 Å². The van der Waals surface area contributed by atoms with Crippen LogP contribution < -0.4 is 0 Å². The van der Waals surface area contributed by atoms with Gasteiger partial charge in [-0.15, -0.1) is 0 Å². The van der Waals surface area contributed by atoms with Gasteiger partial charge in [-0.1, -0.05) is 17.3 Å². The van der Waals surface area contributed by atoms with Crippen LogP contribution in [0.5, 0.6) is 0 Å². The number of hydrogen-bond donors (Lipinski definition) is 0. The van der Waals surface area contributed by atoms with Gasteiger partial charge in [0, 0.05) is 24.6 Å². The Labute approximate surface area is 167 Å². The molecular weight excluding hydrogens is 400 g/mol. The lowest BCUT2D eigenvalue weighted by atomic mass is 9.97. The molecule has 0 radical (unpaired) electrons. The minimum atomic E-state index is -3.76. The zero-order chi connectivity index (χ0) is 20.6. The molecule has 2 heterocycles. The molecule has 6 nitrogen and oxygen atoms in total. The van der Waals surface area contributed by atoms with Gasteiger partial charge >= 0.3 is 0 Å². The summed E-state index contributed by atoms with van der Waals surface area (Å²) in [5.74, 6) is -0.305. The fourth-order valence-electron chi connectivity index (χ4n) is 3.38. The number of nitrogens with zero attached hydrogens (tertiary/aromatic N) is 3. The van der Waals surface area contributed by atoms with Gasteiger partial charge in [0.1, 0.15) is 11.6 Å². The molecular formula is C20H19F2N3O3S. The van der Waals surface area contributed by atoms with Crippen LogP contribution in [0.2, 0.25) is 0 Å². The molecule has 3 aromatic rings. The maximum absolute atomic E-state index is 13.8. The van der Waals surface area contributed by atoms with E-state index in [9.17, 15) is 17.2 Å². The highest BCUT2D eigenvalue weighted by atomic mass is 32.2. The number of aryl methyl sites for hydroxylation is 1. The molecule has 0 N–H and O–H groups in total. The Kier molecular flexibility index (Phi) is 5.18. The van der Waals surface area contributed by atoms with Gasteiger partial charge in [0.15, 0.2) is 5.82 Å². The van der Waals surface area contributed by atoms with E-state index < -0.39 is 21.7 Å². The summed E-state index contributed by atoms with van der Waals surface area (Å²) in [5, 5.41) is 3.99. The third-order valence-corrected chi connectivity index (χ3v) is 7.01. The van der Waals surface area contributed by atoms with Crippen LogP contribution in [-0.2, 0) is 10.0 Å². The molecule has 1 fully saturated rings. The topological polar surface area (TPSA) is 76.3 Å². The van der Waals surface area contributed by atoms with Crippen molar-refractivity contribution < 1.29 is 21.7 Å². The minimum Gasteiger partial charge on any atom is -0.334 e. The second kappa shape index (κ2) is 7.64. The number of piperidine rings is 1. The van der Waals surface area contributed by atoms with E-state index in [1.165, 1.54) is 28.6 Å². The third-order valence-electron chi connectivity index (χ3n) is 5.11. The highest BCUT2D eigenvalue weighted by molar-refractivity contribution is 7.89. The first kappa shape index (κ1) is 19.7. The number of benzene rings is 2. The Hall–Kier alpha value is -2.65. The smallest absolute Gasteiger partial charge is 0.258 e. The van der Waals surface area contributed by atoms with Gasteiger partial charge in [-0.3, -0.25) is 0 Å². The van der Waals surface area contributed by atoms with Crippen molar-refractivity contribution in [1.29, 1.82) is 0 Å². The molecule has 0 aliphatic carbocycles. The molecule has 29 heavy (non-hydrogen) atoms. The molecule has 4 rings (SSSR count). The standard InChI is InChI=1S/C20H19F2N3O3S/c1-13-5-6-17(12-18(13)22)29(26,27)25-9-7-14(8-10-25)19-23-20(28-24-19)15-3-2-4-16(21)11-15/h2-6,11-12,14H,7-10H2,1H3. The van der Waals surface area contributed by atoms with Crippen molar-refractivity contribution in [2.45, 2.75) is 30.6 Å². The Morgan fingerprint density at radius 3 is 2.55 bits per heavy atom. The van der Waals surface area contributed by atoms with E-state index in [1.807, 2.05) is 0 Å². The highest BCUT2D eigenvalue weighted by Crippen LogP contribution is 2.31. The molecule has 1 aliphatic heterocycles. The van der Waals surface area contributed by atoms with Crippen LogP contribution in [0.4, 0.5) is 8.78 Å². The first-order valence-electron chi connectivity index (χ1n) is 9.20. The van der Waals surface area contributed by atoms with Crippen molar-refractivity contribution in [3.8, 4) is 11.5 Å². The zero-order valence-electron chi connectivity index (χ0n) is 15.7.